The fourth-order valence-corrected chi connectivity index (χ4v) is 2.39. The number of aliphatic hydroxyl groups is 1. The molecule has 0 aliphatic heterocycles. The summed E-state index contributed by atoms with van der Waals surface area (Å²) in [5.41, 5.74) is -0.232. The molecular weight excluding hydrogens is 239 g/mol. The Morgan fingerprint density at radius 3 is 2.32 bits per heavy atom. The molecule has 0 radical (unpaired) electrons. The van der Waals surface area contributed by atoms with E-state index >= 15 is 0 Å². The van der Waals surface area contributed by atoms with E-state index in [4.69, 9.17) is 0 Å². The Kier molecular flexibility index (Phi) is 7.07. The van der Waals surface area contributed by atoms with E-state index in [1.54, 1.807) is 19.1 Å². The van der Waals surface area contributed by atoms with Crippen molar-refractivity contribution in [1.29, 1.82) is 0 Å². The van der Waals surface area contributed by atoms with Gasteiger partial charge in [0.15, 0.2) is 0 Å². The molecule has 1 nitrogen and oxygen atoms in total. The van der Waals surface area contributed by atoms with Gasteiger partial charge >= 0.3 is 0 Å². The fourth-order valence-electron chi connectivity index (χ4n) is 2.39. The van der Waals surface area contributed by atoms with Crippen molar-refractivity contribution in [2.45, 2.75) is 70.8 Å². The van der Waals surface area contributed by atoms with Gasteiger partial charge in [-0.25, -0.2) is 4.39 Å². The number of halogens is 1. The Hall–Kier alpha value is -0.890. The summed E-state index contributed by atoms with van der Waals surface area (Å²) >= 11 is 0. The number of hydrogen-bond acceptors (Lipinski definition) is 1. The predicted molar refractivity (Wildman–Crippen MR) is 78.6 cm³/mol. The molecule has 0 spiro atoms. The van der Waals surface area contributed by atoms with Crippen molar-refractivity contribution >= 4 is 0 Å². The Morgan fingerprint density at radius 1 is 1.05 bits per heavy atom. The quantitative estimate of drug-likeness (QED) is 0.611. The van der Waals surface area contributed by atoms with Crippen molar-refractivity contribution < 1.29 is 9.50 Å². The molecule has 0 aliphatic rings. The molecular formula is C17H27FO. The minimum atomic E-state index is -0.911. The highest BCUT2D eigenvalue weighted by Gasteiger charge is 2.22. The van der Waals surface area contributed by atoms with Crippen molar-refractivity contribution in [3.05, 3.63) is 35.6 Å². The van der Waals surface area contributed by atoms with Gasteiger partial charge in [0.1, 0.15) is 5.82 Å². The van der Waals surface area contributed by atoms with Gasteiger partial charge in [-0.2, -0.15) is 0 Å². The average molecular weight is 266 g/mol. The second-order valence-electron chi connectivity index (χ2n) is 5.66. The van der Waals surface area contributed by atoms with E-state index in [0.717, 1.165) is 12.8 Å². The van der Waals surface area contributed by atoms with Crippen LogP contribution in [-0.4, -0.2) is 5.11 Å². The molecule has 1 aromatic carbocycles. The van der Waals surface area contributed by atoms with Crippen molar-refractivity contribution in [3.8, 4) is 0 Å². The normalized spacial score (nSPS) is 14.3. The third-order valence-corrected chi connectivity index (χ3v) is 3.71. The van der Waals surface area contributed by atoms with Gasteiger partial charge in [-0.1, -0.05) is 64.0 Å². The summed E-state index contributed by atoms with van der Waals surface area (Å²) in [5, 5.41) is 10.4. The Bertz CT molecular complexity index is 360. The lowest BCUT2D eigenvalue weighted by atomic mass is 9.90. The number of benzene rings is 1. The van der Waals surface area contributed by atoms with Gasteiger partial charge in [0.25, 0.3) is 0 Å². The molecule has 0 aliphatic carbocycles. The zero-order chi connectivity index (χ0) is 14.1. The van der Waals surface area contributed by atoms with Crippen LogP contribution in [0.2, 0.25) is 0 Å². The molecule has 0 saturated heterocycles. The maximum Gasteiger partial charge on any atom is 0.123 e. The Morgan fingerprint density at radius 2 is 1.68 bits per heavy atom. The number of unbranched alkanes of at least 4 members (excludes halogenated alkanes) is 6. The molecule has 1 atom stereocenters. The molecule has 0 amide bonds. The standard InChI is InChI=1S/C17H27FO/c1-3-4-5-6-7-8-9-13-17(2,19)15-11-10-12-16(18)14-15/h10-12,14,19H,3-9,13H2,1-2H3. The number of rotatable bonds is 9. The highest BCUT2D eigenvalue weighted by atomic mass is 19.1. The third-order valence-electron chi connectivity index (χ3n) is 3.71. The molecule has 2 heteroatoms. The lowest BCUT2D eigenvalue weighted by Gasteiger charge is -2.23. The minimum Gasteiger partial charge on any atom is -0.385 e. The van der Waals surface area contributed by atoms with Crippen LogP contribution in [0.4, 0.5) is 4.39 Å². The van der Waals surface area contributed by atoms with Crippen LogP contribution >= 0.6 is 0 Å². The summed E-state index contributed by atoms with van der Waals surface area (Å²) < 4.78 is 13.1. The van der Waals surface area contributed by atoms with Crippen LogP contribution in [0.25, 0.3) is 0 Å². The van der Waals surface area contributed by atoms with E-state index in [0.29, 0.717) is 12.0 Å². The van der Waals surface area contributed by atoms with Crippen molar-refractivity contribution in [2.24, 2.45) is 0 Å². The first-order chi connectivity index (χ1) is 9.06. The van der Waals surface area contributed by atoms with E-state index in [9.17, 15) is 9.50 Å². The summed E-state index contributed by atoms with van der Waals surface area (Å²) in [5.74, 6) is -0.280. The van der Waals surface area contributed by atoms with Gasteiger partial charge in [-0.3, -0.25) is 0 Å². The highest BCUT2D eigenvalue weighted by molar-refractivity contribution is 5.22. The molecule has 19 heavy (non-hydrogen) atoms. The summed E-state index contributed by atoms with van der Waals surface area (Å²) in [6.45, 7) is 4.00. The molecule has 0 aromatic heterocycles. The third kappa shape index (κ3) is 6.20. The van der Waals surface area contributed by atoms with Crippen LogP contribution < -0.4 is 0 Å². The van der Waals surface area contributed by atoms with Crippen LogP contribution in [0.3, 0.4) is 0 Å². The Balaban J connectivity index is 2.27. The largest absolute Gasteiger partial charge is 0.385 e. The summed E-state index contributed by atoms with van der Waals surface area (Å²) in [6.07, 6.45) is 9.27. The molecule has 0 heterocycles. The summed E-state index contributed by atoms with van der Waals surface area (Å²) in [7, 11) is 0. The molecule has 108 valence electrons. The second-order valence-corrected chi connectivity index (χ2v) is 5.66. The van der Waals surface area contributed by atoms with Crippen LogP contribution in [0.15, 0.2) is 24.3 Å². The average Bonchev–Trinajstić information content (AvgIpc) is 2.38. The van der Waals surface area contributed by atoms with E-state index < -0.39 is 5.60 Å². The molecule has 1 aromatic rings. The van der Waals surface area contributed by atoms with Crippen LogP contribution in [-0.2, 0) is 5.60 Å². The van der Waals surface area contributed by atoms with Crippen molar-refractivity contribution in [3.63, 3.8) is 0 Å². The van der Waals surface area contributed by atoms with E-state index in [-0.39, 0.29) is 5.82 Å². The van der Waals surface area contributed by atoms with E-state index in [1.165, 1.54) is 44.2 Å². The Labute approximate surface area is 116 Å². The molecule has 1 unspecified atom stereocenters. The van der Waals surface area contributed by atoms with Gasteiger partial charge in [0.2, 0.25) is 0 Å². The van der Waals surface area contributed by atoms with Gasteiger partial charge in [-0.15, -0.1) is 0 Å². The highest BCUT2D eigenvalue weighted by Crippen LogP contribution is 2.27. The second kappa shape index (κ2) is 8.31. The van der Waals surface area contributed by atoms with E-state index in [1.807, 2.05) is 0 Å². The summed E-state index contributed by atoms with van der Waals surface area (Å²) in [6, 6.07) is 6.29. The molecule has 0 fully saturated rings. The zero-order valence-electron chi connectivity index (χ0n) is 12.3. The SMILES string of the molecule is CCCCCCCCCC(C)(O)c1cccc(F)c1. The molecule has 1 rings (SSSR count). The topological polar surface area (TPSA) is 20.2 Å². The molecule has 0 saturated carbocycles. The summed E-state index contributed by atoms with van der Waals surface area (Å²) in [4.78, 5) is 0. The fraction of sp³-hybridized carbons (Fsp3) is 0.647. The molecule has 0 bridgehead atoms. The van der Waals surface area contributed by atoms with Gasteiger partial charge in [0.05, 0.1) is 5.60 Å². The maximum absolute atomic E-state index is 13.1. The van der Waals surface area contributed by atoms with Crippen LogP contribution in [0, 0.1) is 5.82 Å². The van der Waals surface area contributed by atoms with Crippen molar-refractivity contribution in [2.75, 3.05) is 0 Å². The van der Waals surface area contributed by atoms with Crippen LogP contribution in [0.1, 0.15) is 70.8 Å². The zero-order valence-corrected chi connectivity index (χ0v) is 12.3. The predicted octanol–water partition coefficient (Wildman–Crippen LogP) is 5.17. The van der Waals surface area contributed by atoms with Gasteiger partial charge in [0, 0.05) is 0 Å². The number of hydrogen-bond donors (Lipinski definition) is 1. The van der Waals surface area contributed by atoms with Gasteiger partial charge < -0.3 is 5.11 Å². The van der Waals surface area contributed by atoms with Crippen LogP contribution in [0.5, 0.6) is 0 Å². The smallest absolute Gasteiger partial charge is 0.123 e. The first kappa shape index (κ1) is 16.2. The first-order valence-electron chi connectivity index (χ1n) is 7.54. The lowest BCUT2D eigenvalue weighted by molar-refractivity contribution is 0.0445. The maximum atomic E-state index is 13.1. The minimum absolute atomic E-state index is 0.280. The monoisotopic (exact) mass is 266 g/mol. The van der Waals surface area contributed by atoms with E-state index in [2.05, 4.69) is 6.92 Å². The van der Waals surface area contributed by atoms with Gasteiger partial charge in [-0.05, 0) is 31.0 Å². The lowest BCUT2D eigenvalue weighted by Crippen LogP contribution is -2.21. The van der Waals surface area contributed by atoms with Crippen molar-refractivity contribution in [1.82, 2.24) is 0 Å². The first-order valence-corrected chi connectivity index (χ1v) is 7.54. The molecule has 1 N–H and O–H groups in total.